The third kappa shape index (κ3) is 2.96. The molecule has 0 fully saturated rings. The van der Waals surface area contributed by atoms with Crippen LogP contribution in [-0.4, -0.2) is 18.4 Å². The highest BCUT2D eigenvalue weighted by molar-refractivity contribution is 7.93. The Kier molecular flexibility index (Phi) is 3.93. The molecular formula is C10H11ClN4O2S2. The first kappa shape index (κ1) is 14.0. The smallest absolute Gasteiger partial charge is 0.266 e. The number of thiazole rings is 1. The molecule has 0 unspecified atom stereocenters. The van der Waals surface area contributed by atoms with Gasteiger partial charge in [0.1, 0.15) is 15.7 Å². The number of hydrogen-bond donors (Lipinski definition) is 2. The normalized spacial score (nSPS) is 11.5. The summed E-state index contributed by atoms with van der Waals surface area (Å²) in [6, 6.07) is 1.26. The molecule has 0 aliphatic rings. The first-order valence-corrected chi connectivity index (χ1v) is 8.04. The summed E-state index contributed by atoms with van der Waals surface area (Å²) in [6.07, 6.45) is 1.92. The van der Waals surface area contributed by atoms with Crippen LogP contribution in [0.5, 0.6) is 0 Å². The van der Waals surface area contributed by atoms with Gasteiger partial charge in [0.05, 0.1) is 16.2 Å². The van der Waals surface area contributed by atoms with Gasteiger partial charge in [-0.25, -0.2) is 18.4 Å². The lowest BCUT2D eigenvalue weighted by molar-refractivity contribution is 0.601. The van der Waals surface area contributed by atoms with Gasteiger partial charge in [-0.15, -0.1) is 11.3 Å². The third-order valence-corrected chi connectivity index (χ3v) is 4.84. The molecule has 0 aromatic carbocycles. The number of aryl methyl sites for hydroxylation is 1. The number of nitrogens with one attached hydrogen (secondary N) is 1. The first-order chi connectivity index (χ1) is 8.94. The Morgan fingerprint density at radius 2 is 2.21 bits per heavy atom. The summed E-state index contributed by atoms with van der Waals surface area (Å²) >= 11 is 6.95. The van der Waals surface area contributed by atoms with Gasteiger partial charge in [-0.1, -0.05) is 18.5 Å². The zero-order valence-electron chi connectivity index (χ0n) is 9.92. The fourth-order valence-electron chi connectivity index (χ4n) is 1.43. The molecule has 9 heteroatoms. The maximum absolute atomic E-state index is 12.2. The molecule has 0 aliphatic carbocycles. The third-order valence-electron chi connectivity index (χ3n) is 2.34. The van der Waals surface area contributed by atoms with Crippen LogP contribution in [0.2, 0.25) is 5.02 Å². The largest absolute Gasteiger partial charge is 0.383 e. The van der Waals surface area contributed by atoms with Gasteiger partial charge in [-0.2, -0.15) is 0 Å². The van der Waals surface area contributed by atoms with E-state index in [1.807, 2.05) is 6.92 Å². The summed E-state index contributed by atoms with van der Waals surface area (Å²) < 4.78 is 26.9. The Morgan fingerprint density at radius 3 is 2.89 bits per heavy atom. The molecular weight excluding hydrogens is 308 g/mol. The zero-order valence-corrected chi connectivity index (χ0v) is 12.3. The van der Waals surface area contributed by atoms with E-state index in [1.54, 1.807) is 5.51 Å². The van der Waals surface area contributed by atoms with Gasteiger partial charge < -0.3 is 5.73 Å². The summed E-state index contributed by atoms with van der Waals surface area (Å²) in [5.74, 6) is -0.0977. The molecule has 2 aromatic heterocycles. The van der Waals surface area contributed by atoms with Gasteiger partial charge in [0.15, 0.2) is 0 Å². The van der Waals surface area contributed by atoms with E-state index < -0.39 is 10.0 Å². The molecule has 0 amide bonds. The Labute approximate surface area is 119 Å². The van der Waals surface area contributed by atoms with Crippen molar-refractivity contribution in [2.75, 3.05) is 10.5 Å². The summed E-state index contributed by atoms with van der Waals surface area (Å²) in [5.41, 5.74) is 7.84. The quantitative estimate of drug-likeness (QED) is 0.900. The molecule has 0 saturated carbocycles. The van der Waals surface area contributed by atoms with Gasteiger partial charge in [0.25, 0.3) is 10.0 Å². The topological polar surface area (TPSA) is 98.0 Å². The Hall–Kier alpha value is -1.38. The lowest BCUT2D eigenvalue weighted by Gasteiger charge is -2.09. The number of nitrogen functional groups attached to an aromatic ring is 1. The monoisotopic (exact) mass is 318 g/mol. The second-order valence-electron chi connectivity index (χ2n) is 3.62. The number of sulfonamides is 1. The molecule has 2 heterocycles. The molecule has 0 radical (unpaired) electrons. The van der Waals surface area contributed by atoms with E-state index in [0.717, 1.165) is 0 Å². The maximum Gasteiger partial charge on any atom is 0.266 e. The van der Waals surface area contributed by atoms with E-state index in [4.69, 9.17) is 17.3 Å². The molecule has 0 saturated heterocycles. The fraction of sp³-hybridized carbons (Fsp3) is 0.200. The molecule has 6 nitrogen and oxygen atoms in total. The van der Waals surface area contributed by atoms with Crippen molar-refractivity contribution in [3.63, 3.8) is 0 Å². The second kappa shape index (κ2) is 5.32. The highest BCUT2D eigenvalue weighted by Crippen LogP contribution is 2.27. The number of rotatable bonds is 4. The number of hydrogen-bond acceptors (Lipinski definition) is 6. The summed E-state index contributed by atoms with van der Waals surface area (Å²) in [6.45, 7) is 1.89. The van der Waals surface area contributed by atoms with Gasteiger partial charge in [-0.3, -0.25) is 4.72 Å². The Bertz CT molecular complexity index is 699. The van der Waals surface area contributed by atoms with E-state index in [2.05, 4.69) is 14.7 Å². The number of nitrogens with zero attached hydrogens (tertiary/aromatic N) is 2. The minimum absolute atomic E-state index is 0.0977. The molecule has 2 aromatic rings. The minimum atomic E-state index is -3.82. The van der Waals surface area contributed by atoms with Crippen LogP contribution in [0.1, 0.15) is 12.6 Å². The van der Waals surface area contributed by atoms with Gasteiger partial charge in [0.2, 0.25) is 0 Å². The van der Waals surface area contributed by atoms with Crippen LogP contribution in [0.4, 0.5) is 10.8 Å². The minimum Gasteiger partial charge on any atom is -0.383 e. The molecule has 3 N–H and O–H groups in total. The molecule has 0 atom stereocenters. The summed E-state index contributed by atoms with van der Waals surface area (Å²) in [5, 5.41) is 0.677. The van der Waals surface area contributed by atoms with Crippen LogP contribution in [0.25, 0.3) is 0 Å². The van der Waals surface area contributed by atoms with Gasteiger partial charge in [0, 0.05) is 6.20 Å². The van der Waals surface area contributed by atoms with Crippen molar-refractivity contribution >= 4 is 43.8 Å². The first-order valence-electron chi connectivity index (χ1n) is 5.30. The van der Waals surface area contributed by atoms with Crippen molar-refractivity contribution in [3.8, 4) is 0 Å². The van der Waals surface area contributed by atoms with Crippen molar-refractivity contribution in [3.05, 3.63) is 28.5 Å². The molecule has 0 bridgehead atoms. The van der Waals surface area contributed by atoms with Crippen molar-refractivity contribution in [1.82, 2.24) is 9.97 Å². The van der Waals surface area contributed by atoms with Gasteiger partial charge in [-0.05, 0) is 12.5 Å². The van der Waals surface area contributed by atoms with Crippen LogP contribution in [0, 0.1) is 0 Å². The zero-order chi connectivity index (χ0) is 14.0. The van der Waals surface area contributed by atoms with E-state index >= 15 is 0 Å². The molecule has 2 rings (SSSR count). The summed E-state index contributed by atoms with van der Waals surface area (Å²) in [4.78, 5) is 7.66. The highest BCUT2D eigenvalue weighted by atomic mass is 35.5. The standard InChI is InChI=1S/C10H11ClN4O2S2/c1-2-7-10(18-5-14-7)15-19(16,17)8-3-6(11)4-13-9(8)12/h3-5,15H,2H2,1H3,(H2,12,13). The SMILES string of the molecule is CCc1ncsc1NS(=O)(=O)c1cc(Cl)cnc1N. The predicted octanol–water partition coefficient (Wildman–Crippen LogP) is 2.14. The highest BCUT2D eigenvalue weighted by Gasteiger charge is 2.21. The van der Waals surface area contributed by atoms with E-state index in [9.17, 15) is 8.42 Å². The van der Waals surface area contributed by atoms with Crippen molar-refractivity contribution in [2.45, 2.75) is 18.2 Å². The van der Waals surface area contributed by atoms with Crippen molar-refractivity contribution in [2.24, 2.45) is 0 Å². The summed E-state index contributed by atoms with van der Waals surface area (Å²) in [7, 11) is -3.82. The lowest BCUT2D eigenvalue weighted by Crippen LogP contribution is -2.15. The molecule has 102 valence electrons. The molecule has 19 heavy (non-hydrogen) atoms. The van der Waals surface area contributed by atoms with Crippen LogP contribution in [-0.2, 0) is 16.4 Å². The van der Waals surface area contributed by atoms with Crippen LogP contribution in [0.15, 0.2) is 22.7 Å². The van der Waals surface area contributed by atoms with Crippen LogP contribution < -0.4 is 10.5 Å². The average molecular weight is 319 g/mol. The number of anilines is 2. The molecule has 0 aliphatic heterocycles. The fourth-order valence-corrected chi connectivity index (χ4v) is 3.87. The molecule has 0 spiro atoms. The van der Waals surface area contributed by atoms with Crippen LogP contribution in [0.3, 0.4) is 0 Å². The average Bonchev–Trinajstić information content (AvgIpc) is 2.78. The predicted molar refractivity (Wildman–Crippen MR) is 76.0 cm³/mol. The maximum atomic E-state index is 12.2. The number of aromatic nitrogens is 2. The van der Waals surface area contributed by atoms with E-state index in [1.165, 1.54) is 23.6 Å². The van der Waals surface area contributed by atoms with Crippen LogP contribution >= 0.6 is 22.9 Å². The van der Waals surface area contributed by atoms with E-state index in [0.29, 0.717) is 17.1 Å². The Balaban J connectivity index is 2.41. The van der Waals surface area contributed by atoms with Gasteiger partial charge >= 0.3 is 0 Å². The second-order valence-corrected chi connectivity index (χ2v) is 6.57. The van der Waals surface area contributed by atoms with Crippen molar-refractivity contribution < 1.29 is 8.42 Å². The Morgan fingerprint density at radius 1 is 1.47 bits per heavy atom. The number of pyridine rings is 1. The number of halogens is 1. The van der Waals surface area contributed by atoms with E-state index in [-0.39, 0.29) is 15.7 Å². The number of nitrogens with two attached hydrogens (primary N) is 1. The van der Waals surface area contributed by atoms with Crippen molar-refractivity contribution in [1.29, 1.82) is 0 Å². The lowest BCUT2D eigenvalue weighted by atomic mass is 10.4.